The van der Waals surface area contributed by atoms with Crippen LogP contribution in [0.4, 0.5) is 0 Å². The number of ether oxygens (including phenoxy) is 1. The van der Waals surface area contributed by atoms with Crippen LogP contribution in [0.3, 0.4) is 0 Å². The van der Waals surface area contributed by atoms with Crippen LogP contribution in [0.5, 0.6) is 5.75 Å². The molecule has 1 saturated heterocycles. The minimum atomic E-state index is -3.66. The summed E-state index contributed by atoms with van der Waals surface area (Å²) < 4.78 is 35.4. The Balaban J connectivity index is 1.45. The third-order valence-electron chi connectivity index (χ3n) is 6.38. The molecule has 0 N–H and O–H groups in total. The molecule has 2 aromatic carbocycles. The molecule has 0 aliphatic carbocycles. The van der Waals surface area contributed by atoms with E-state index >= 15 is 0 Å². The smallest absolute Gasteiger partial charge is 0.243 e. The number of fused-ring (bicyclic) bond motifs is 1. The highest BCUT2D eigenvalue weighted by Gasteiger charge is 2.32. The van der Waals surface area contributed by atoms with Gasteiger partial charge in [0.2, 0.25) is 10.0 Å². The van der Waals surface area contributed by atoms with Crippen LogP contribution < -0.4 is 4.74 Å². The van der Waals surface area contributed by atoms with Gasteiger partial charge in [-0.05, 0) is 55.7 Å². The number of hydrogen-bond acceptors (Lipinski definition) is 5. The summed E-state index contributed by atoms with van der Waals surface area (Å²) in [6.45, 7) is 2.87. The molecule has 176 valence electrons. The minimum Gasteiger partial charge on any atom is -0.495 e. The first-order chi connectivity index (χ1) is 16.4. The molecule has 1 aliphatic heterocycles. The van der Waals surface area contributed by atoms with Gasteiger partial charge in [0.05, 0.1) is 17.0 Å². The Morgan fingerprint density at radius 3 is 2.53 bits per heavy atom. The summed E-state index contributed by atoms with van der Waals surface area (Å²) in [6.07, 6.45) is 3.09. The molecule has 0 unspecified atom stereocenters. The molecular weight excluding hydrogens is 472 g/mol. The first-order valence-electron chi connectivity index (χ1n) is 11.1. The molecule has 0 radical (unpaired) electrons. The standard InChI is InChI=1S/C25H25ClN4O3S/c1-17-6-3-4-7-20(17)24-28-22-8-5-13-27-25(22)30(24)18-11-14-29(15-12-18)34(31,32)19-9-10-23(33-2)21(26)16-19/h3-10,13,16,18H,11-12,14-15H2,1-2H3. The van der Waals surface area contributed by atoms with Gasteiger partial charge in [0.1, 0.15) is 17.1 Å². The second kappa shape index (κ2) is 9.02. The van der Waals surface area contributed by atoms with Crippen molar-refractivity contribution >= 4 is 32.8 Å². The van der Waals surface area contributed by atoms with Gasteiger partial charge in [-0.25, -0.2) is 18.4 Å². The van der Waals surface area contributed by atoms with Crippen molar-refractivity contribution in [1.82, 2.24) is 18.8 Å². The number of piperidine rings is 1. The van der Waals surface area contributed by atoms with Crippen molar-refractivity contribution < 1.29 is 13.2 Å². The number of benzene rings is 2. The minimum absolute atomic E-state index is 0.0837. The van der Waals surface area contributed by atoms with Crippen molar-refractivity contribution in [3.8, 4) is 17.1 Å². The van der Waals surface area contributed by atoms with Gasteiger partial charge in [-0.15, -0.1) is 0 Å². The number of aromatic nitrogens is 3. The fourth-order valence-corrected chi connectivity index (χ4v) is 6.41. The van der Waals surface area contributed by atoms with Gasteiger partial charge in [-0.1, -0.05) is 35.9 Å². The molecule has 2 aromatic heterocycles. The number of rotatable bonds is 5. The van der Waals surface area contributed by atoms with Crippen LogP contribution in [0, 0.1) is 6.92 Å². The number of halogens is 1. The molecule has 1 fully saturated rings. The molecule has 5 rings (SSSR count). The van der Waals surface area contributed by atoms with Crippen LogP contribution >= 0.6 is 11.6 Å². The van der Waals surface area contributed by atoms with E-state index in [9.17, 15) is 8.42 Å². The maximum atomic E-state index is 13.3. The zero-order chi connectivity index (χ0) is 23.9. The number of pyridine rings is 1. The lowest BCUT2D eigenvalue weighted by Crippen LogP contribution is -2.39. The summed E-state index contributed by atoms with van der Waals surface area (Å²) in [5.74, 6) is 1.32. The van der Waals surface area contributed by atoms with E-state index in [0.29, 0.717) is 31.7 Å². The lowest BCUT2D eigenvalue weighted by molar-refractivity contribution is 0.278. The van der Waals surface area contributed by atoms with Crippen LogP contribution in [0.1, 0.15) is 24.4 Å². The maximum absolute atomic E-state index is 13.3. The van der Waals surface area contributed by atoms with Gasteiger partial charge >= 0.3 is 0 Å². The molecule has 4 aromatic rings. The first-order valence-corrected chi connectivity index (χ1v) is 12.9. The molecule has 3 heterocycles. The topological polar surface area (TPSA) is 77.3 Å². The SMILES string of the molecule is COc1ccc(S(=O)(=O)N2CCC(n3c(-c4ccccc4C)nc4cccnc43)CC2)cc1Cl. The van der Waals surface area contributed by atoms with Crippen LogP contribution in [-0.2, 0) is 10.0 Å². The molecule has 0 amide bonds. The highest BCUT2D eigenvalue weighted by atomic mass is 35.5. The Hall–Kier alpha value is -2.94. The van der Waals surface area contributed by atoms with E-state index in [0.717, 1.165) is 28.1 Å². The number of methoxy groups -OCH3 is 1. The third-order valence-corrected chi connectivity index (χ3v) is 8.57. The van der Waals surface area contributed by atoms with Crippen LogP contribution in [0.25, 0.3) is 22.6 Å². The predicted molar refractivity (Wildman–Crippen MR) is 133 cm³/mol. The average molecular weight is 497 g/mol. The van der Waals surface area contributed by atoms with Crippen molar-refractivity contribution in [2.45, 2.75) is 30.7 Å². The Morgan fingerprint density at radius 2 is 1.82 bits per heavy atom. The molecule has 0 spiro atoms. The van der Waals surface area contributed by atoms with E-state index in [1.807, 2.05) is 24.3 Å². The fraction of sp³-hybridized carbons (Fsp3) is 0.280. The molecule has 7 nitrogen and oxygen atoms in total. The van der Waals surface area contributed by atoms with Crippen LogP contribution in [0.2, 0.25) is 5.02 Å². The van der Waals surface area contributed by atoms with Crippen molar-refractivity contribution in [2.75, 3.05) is 20.2 Å². The molecule has 0 saturated carbocycles. The van der Waals surface area contributed by atoms with Gasteiger partial charge in [-0.3, -0.25) is 0 Å². The first kappa shape index (κ1) is 22.8. The van der Waals surface area contributed by atoms with E-state index in [4.69, 9.17) is 21.3 Å². The van der Waals surface area contributed by atoms with Crippen LogP contribution in [0.15, 0.2) is 65.7 Å². The van der Waals surface area contributed by atoms with Gasteiger partial charge in [0.25, 0.3) is 0 Å². The van der Waals surface area contributed by atoms with Gasteiger partial charge in [0, 0.05) is 30.9 Å². The average Bonchev–Trinajstić information content (AvgIpc) is 3.23. The lowest BCUT2D eigenvalue weighted by atomic mass is 10.0. The van der Waals surface area contributed by atoms with E-state index < -0.39 is 10.0 Å². The fourth-order valence-electron chi connectivity index (χ4n) is 4.59. The Bertz CT molecular complexity index is 1460. The Morgan fingerprint density at radius 1 is 1.06 bits per heavy atom. The predicted octanol–water partition coefficient (Wildman–Crippen LogP) is 5.09. The van der Waals surface area contributed by atoms with Crippen molar-refractivity contribution in [2.24, 2.45) is 0 Å². The quantitative estimate of drug-likeness (QED) is 0.384. The molecule has 1 aliphatic rings. The maximum Gasteiger partial charge on any atom is 0.243 e. The zero-order valence-corrected chi connectivity index (χ0v) is 20.6. The Labute approximate surface area is 204 Å². The third kappa shape index (κ3) is 3.96. The van der Waals surface area contributed by atoms with Gasteiger partial charge < -0.3 is 9.30 Å². The lowest BCUT2D eigenvalue weighted by Gasteiger charge is -2.32. The van der Waals surface area contributed by atoms with Crippen molar-refractivity contribution in [3.63, 3.8) is 0 Å². The highest BCUT2D eigenvalue weighted by molar-refractivity contribution is 7.89. The summed E-state index contributed by atoms with van der Waals surface area (Å²) >= 11 is 6.18. The number of sulfonamides is 1. The van der Waals surface area contributed by atoms with E-state index in [1.165, 1.54) is 23.5 Å². The summed E-state index contributed by atoms with van der Waals surface area (Å²) in [5, 5.41) is 0.275. The zero-order valence-electron chi connectivity index (χ0n) is 19.0. The molecule has 34 heavy (non-hydrogen) atoms. The van der Waals surface area contributed by atoms with E-state index in [-0.39, 0.29) is 16.0 Å². The largest absolute Gasteiger partial charge is 0.495 e. The Kier molecular flexibility index (Phi) is 6.06. The molecule has 0 atom stereocenters. The van der Waals surface area contributed by atoms with E-state index in [1.54, 1.807) is 12.3 Å². The van der Waals surface area contributed by atoms with E-state index in [2.05, 4.69) is 28.6 Å². The molecular formula is C25H25ClN4O3S. The number of imidazole rings is 1. The number of hydrogen-bond donors (Lipinski definition) is 0. The summed E-state index contributed by atoms with van der Waals surface area (Å²) in [4.78, 5) is 9.69. The second-order valence-corrected chi connectivity index (χ2v) is 10.7. The number of aryl methyl sites for hydroxylation is 1. The van der Waals surface area contributed by atoms with Crippen molar-refractivity contribution in [1.29, 1.82) is 0 Å². The molecule has 9 heteroatoms. The normalized spacial score (nSPS) is 15.6. The second-order valence-electron chi connectivity index (χ2n) is 8.40. The van der Waals surface area contributed by atoms with Gasteiger partial charge in [-0.2, -0.15) is 4.31 Å². The van der Waals surface area contributed by atoms with Crippen LogP contribution in [-0.4, -0.2) is 47.5 Å². The molecule has 0 bridgehead atoms. The van der Waals surface area contributed by atoms with Gasteiger partial charge in [0.15, 0.2) is 5.65 Å². The monoisotopic (exact) mass is 496 g/mol. The summed E-state index contributed by atoms with van der Waals surface area (Å²) in [5.41, 5.74) is 3.85. The van der Waals surface area contributed by atoms with Crippen molar-refractivity contribution in [3.05, 3.63) is 71.4 Å². The summed E-state index contributed by atoms with van der Waals surface area (Å²) in [6, 6.07) is 16.7. The highest BCUT2D eigenvalue weighted by Crippen LogP contribution is 2.35. The summed E-state index contributed by atoms with van der Waals surface area (Å²) in [7, 11) is -2.16. The number of nitrogens with zero attached hydrogens (tertiary/aromatic N) is 4.